The van der Waals surface area contributed by atoms with E-state index in [0.717, 1.165) is 0 Å². The quantitative estimate of drug-likeness (QED) is 0.748. The summed E-state index contributed by atoms with van der Waals surface area (Å²) in [5, 5.41) is 2.74. The first-order valence-corrected chi connectivity index (χ1v) is 5.56. The van der Waals surface area contributed by atoms with Gasteiger partial charge in [-0.3, -0.25) is 4.79 Å². The van der Waals surface area contributed by atoms with Crippen molar-refractivity contribution in [2.75, 3.05) is 39.8 Å². The predicted molar refractivity (Wildman–Crippen MR) is 68.7 cm³/mol. The number of anilines is 1. The zero-order valence-electron chi connectivity index (χ0n) is 11.1. The number of carbonyl (C=O) groups is 1. The second-order valence-electron chi connectivity index (χ2n) is 3.88. The Morgan fingerprint density at radius 2 is 2.11 bits per heavy atom. The number of hydrogen-bond donors (Lipinski definition) is 1. The van der Waals surface area contributed by atoms with Crippen molar-refractivity contribution in [3.8, 4) is 0 Å². The molecule has 1 aromatic heterocycles. The van der Waals surface area contributed by atoms with Crippen molar-refractivity contribution in [1.82, 2.24) is 10.3 Å². The molecule has 0 saturated carbocycles. The number of hydrogen-bond acceptors (Lipinski definition) is 5. The third kappa shape index (κ3) is 3.68. The molecule has 1 amide bonds. The normalized spacial score (nSPS) is 10.5. The molecule has 1 heterocycles. The summed E-state index contributed by atoms with van der Waals surface area (Å²) >= 11 is 0. The number of nitrogens with one attached hydrogen (secondary N) is 1. The number of carbonyl (C=O) groups excluding carboxylic acids is 1. The highest BCUT2D eigenvalue weighted by Gasteiger charge is 2.15. The van der Waals surface area contributed by atoms with Crippen LogP contribution in [0.3, 0.4) is 0 Å². The van der Waals surface area contributed by atoms with Gasteiger partial charge in [-0.2, -0.15) is 0 Å². The van der Waals surface area contributed by atoms with Crippen molar-refractivity contribution in [2.24, 2.45) is 0 Å². The van der Waals surface area contributed by atoms with Crippen molar-refractivity contribution < 1.29 is 14.3 Å². The van der Waals surface area contributed by atoms with Gasteiger partial charge in [0.15, 0.2) is 6.29 Å². The summed E-state index contributed by atoms with van der Waals surface area (Å²) in [4.78, 5) is 18.0. The van der Waals surface area contributed by atoms with Gasteiger partial charge in [0.05, 0.1) is 12.1 Å². The number of pyridine rings is 1. The van der Waals surface area contributed by atoms with E-state index in [1.165, 1.54) is 14.2 Å². The summed E-state index contributed by atoms with van der Waals surface area (Å²) in [6.45, 7) is 0.285. The standard InChI is InChI=1S/C12H19N3O3/c1-15(2)11-9(6-5-7-13-11)12(16)14-8-10(17-3)18-4/h5-7,10H,8H2,1-4H3,(H,14,16). The third-order valence-corrected chi connectivity index (χ3v) is 2.41. The number of rotatable bonds is 6. The van der Waals surface area contributed by atoms with Crippen LogP contribution in [0.1, 0.15) is 10.4 Å². The SMILES string of the molecule is COC(CNC(=O)c1cccnc1N(C)C)OC. The molecule has 0 atom stereocenters. The van der Waals surface area contributed by atoms with Gasteiger partial charge in [0, 0.05) is 34.5 Å². The monoisotopic (exact) mass is 253 g/mol. The van der Waals surface area contributed by atoms with E-state index in [0.29, 0.717) is 11.4 Å². The molecule has 0 spiro atoms. The van der Waals surface area contributed by atoms with Gasteiger partial charge in [-0.15, -0.1) is 0 Å². The lowest BCUT2D eigenvalue weighted by Crippen LogP contribution is -2.35. The molecule has 0 bridgehead atoms. The molecule has 0 fully saturated rings. The molecule has 1 rings (SSSR count). The van der Waals surface area contributed by atoms with Gasteiger partial charge in [0.2, 0.25) is 0 Å². The maximum Gasteiger partial charge on any atom is 0.255 e. The van der Waals surface area contributed by atoms with E-state index in [1.807, 2.05) is 14.1 Å². The largest absolute Gasteiger partial charge is 0.362 e. The molecule has 1 aromatic rings. The fourth-order valence-corrected chi connectivity index (χ4v) is 1.46. The van der Waals surface area contributed by atoms with Crippen molar-refractivity contribution in [1.29, 1.82) is 0 Å². The predicted octanol–water partition coefficient (Wildman–Crippen LogP) is 0.496. The average molecular weight is 253 g/mol. The second kappa shape index (κ2) is 6.93. The van der Waals surface area contributed by atoms with Crippen LogP contribution in [0.4, 0.5) is 5.82 Å². The maximum absolute atomic E-state index is 12.0. The Morgan fingerprint density at radius 1 is 1.44 bits per heavy atom. The molecular weight excluding hydrogens is 234 g/mol. The number of nitrogens with zero attached hydrogens (tertiary/aromatic N) is 2. The molecule has 18 heavy (non-hydrogen) atoms. The first-order valence-electron chi connectivity index (χ1n) is 5.56. The molecule has 0 aromatic carbocycles. The third-order valence-electron chi connectivity index (χ3n) is 2.41. The summed E-state index contributed by atoms with van der Waals surface area (Å²) in [6, 6.07) is 3.46. The molecule has 1 N–H and O–H groups in total. The van der Waals surface area contributed by atoms with E-state index in [4.69, 9.17) is 9.47 Å². The number of ether oxygens (including phenoxy) is 2. The fraction of sp³-hybridized carbons (Fsp3) is 0.500. The van der Waals surface area contributed by atoms with Gasteiger partial charge in [-0.1, -0.05) is 0 Å². The van der Waals surface area contributed by atoms with Gasteiger partial charge in [-0.25, -0.2) is 4.98 Å². The Morgan fingerprint density at radius 3 is 2.67 bits per heavy atom. The highest BCUT2D eigenvalue weighted by atomic mass is 16.7. The molecule has 0 aliphatic carbocycles. The van der Waals surface area contributed by atoms with Gasteiger partial charge >= 0.3 is 0 Å². The second-order valence-corrected chi connectivity index (χ2v) is 3.88. The van der Waals surface area contributed by atoms with Gasteiger partial charge in [0.25, 0.3) is 5.91 Å². The van der Waals surface area contributed by atoms with E-state index >= 15 is 0 Å². The summed E-state index contributed by atoms with van der Waals surface area (Å²) in [6.07, 6.45) is 1.20. The Hall–Kier alpha value is -1.66. The van der Waals surface area contributed by atoms with Crippen LogP contribution in [-0.4, -0.2) is 52.0 Å². The van der Waals surface area contributed by atoms with Crippen LogP contribution in [0.2, 0.25) is 0 Å². The van der Waals surface area contributed by atoms with E-state index in [2.05, 4.69) is 10.3 Å². The summed E-state index contributed by atoms with van der Waals surface area (Å²) < 4.78 is 10.0. The lowest BCUT2D eigenvalue weighted by atomic mass is 10.2. The van der Waals surface area contributed by atoms with E-state index < -0.39 is 6.29 Å². The average Bonchev–Trinajstić information content (AvgIpc) is 2.39. The van der Waals surface area contributed by atoms with Gasteiger partial charge < -0.3 is 19.7 Å². The minimum atomic E-state index is -0.451. The van der Waals surface area contributed by atoms with Gasteiger partial charge in [0.1, 0.15) is 5.82 Å². The number of amides is 1. The van der Waals surface area contributed by atoms with Crippen LogP contribution < -0.4 is 10.2 Å². The lowest BCUT2D eigenvalue weighted by molar-refractivity contribution is -0.0974. The molecule has 0 radical (unpaired) electrons. The topological polar surface area (TPSA) is 63.7 Å². The number of aromatic nitrogens is 1. The van der Waals surface area contributed by atoms with Crippen LogP contribution in [0.15, 0.2) is 18.3 Å². The summed E-state index contributed by atoms with van der Waals surface area (Å²) in [7, 11) is 6.73. The molecule has 100 valence electrons. The first-order chi connectivity index (χ1) is 8.60. The van der Waals surface area contributed by atoms with Gasteiger partial charge in [-0.05, 0) is 12.1 Å². The van der Waals surface area contributed by atoms with Crippen LogP contribution in [0.5, 0.6) is 0 Å². The van der Waals surface area contributed by atoms with Crippen molar-refractivity contribution in [3.05, 3.63) is 23.9 Å². The lowest BCUT2D eigenvalue weighted by Gasteiger charge is -2.17. The fourth-order valence-electron chi connectivity index (χ4n) is 1.46. The molecular formula is C12H19N3O3. The Bertz CT molecular complexity index is 392. The summed E-state index contributed by atoms with van der Waals surface area (Å²) in [5.74, 6) is 0.423. The Kier molecular flexibility index (Phi) is 5.54. The zero-order chi connectivity index (χ0) is 13.5. The van der Waals surface area contributed by atoms with E-state index in [-0.39, 0.29) is 12.5 Å². The highest BCUT2D eigenvalue weighted by molar-refractivity contribution is 5.98. The van der Waals surface area contributed by atoms with Crippen LogP contribution in [0, 0.1) is 0 Å². The Labute approximate surface area is 107 Å². The van der Waals surface area contributed by atoms with Crippen molar-refractivity contribution in [2.45, 2.75) is 6.29 Å². The molecule has 0 aliphatic rings. The van der Waals surface area contributed by atoms with E-state index in [1.54, 1.807) is 23.2 Å². The zero-order valence-corrected chi connectivity index (χ0v) is 11.1. The molecule has 6 heteroatoms. The molecule has 0 unspecified atom stereocenters. The summed E-state index contributed by atoms with van der Waals surface area (Å²) in [5.41, 5.74) is 0.522. The highest BCUT2D eigenvalue weighted by Crippen LogP contribution is 2.13. The smallest absolute Gasteiger partial charge is 0.255 e. The maximum atomic E-state index is 12.0. The van der Waals surface area contributed by atoms with Crippen molar-refractivity contribution >= 4 is 11.7 Å². The van der Waals surface area contributed by atoms with Crippen LogP contribution >= 0.6 is 0 Å². The minimum Gasteiger partial charge on any atom is -0.362 e. The van der Waals surface area contributed by atoms with E-state index in [9.17, 15) is 4.79 Å². The number of methoxy groups -OCH3 is 2. The molecule has 0 aliphatic heterocycles. The van der Waals surface area contributed by atoms with Crippen LogP contribution in [0.25, 0.3) is 0 Å². The molecule has 6 nitrogen and oxygen atoms in total. The van der Waals surface area contributed by atoms with Crippen LogP contribution in [-0.2, 0) is 9.47 Å². The van der Waals surface area contributed by atoms with Crippen molar-refractivity contribution in [3.63, 3.8) is 0 Å². The molecule has 0 saturated heterocycles. The minimum absolute atomic E-state index is 0.203. The first kappa shape index (κ1) is 14.4. The Balaban J connectivity index is 2.72.